The van der Waals surface area contributed by atoms with Crippen molar-refractivity contribution in [2.75, 3.05) is 11.9 Å². The van der Waals surface area contributed by atoms with E-state index in [1.807, 2.05) is 0 Å². The Morgan fingerprint density at radius 2 is 2.03 bits per heavy atom. The summed E-state index contributed by atoms with van der Waals surface area (Å²) in [5.41, 5.74) is 0.525. The summed E-state index contributed by atoms with van der Waals surface area (Å²) >= 11 is 1.45. The van der Waals surface area contributed by atoms with Gasteiger partial charge in [0, 0.05) is 55.7 Å². The number of carbonyl (C=O) groups excluding carboxylic acids is 1. The molecule has 0 aliphatic carbocycles. The van der Waals surface area contributed by atoms with Crippen LogP contribution in [0.5, 0.6) is 5.88 Å². The Hall–Kier alpha value is -2.72. The molecule has 2 aromatic heterocycles. The van der Waals surface area contributed by atoms with E-state index in [4.69, 9.17) is 4.74 Å². The molecule has 1 N–H and O–H groups in total. The maximum atomic E-state index is 13.4. The van der Waals surface area contributed by atoms with Crippen molar-refractivity contribution in [1.82, 2.24) is 19.9 Å². The number of anilines is 1. The maximum Gasteiger partial charge on any atom is 0.233 e. The molecule has 0 bridgehead atoms. The fourth-order valence-corrected chi connectivity index (χ4v) is 4.24. The second-order valence-corrected chi connectivity index (χ2v) is 8.15. The summed E-state index contributed by atoms with van der Waals surface area (Å²) in [7, 11) is 0. The molecule has 2 atom stereocenters. The summed E-state index contributed by atoms with van der Waals surface area (Å²) in [6, 6.07) is 2.32. The molecule has 29 heavy (non-hydrogen) atoms. The highest BCUT2D eigenvalue weighted by Gasteiger charge is 2.31. The fraction of sp³-hybridized carbons (Fsp3) is 0.368. The molecule has 1 aromatic carbocycles. The molecule has 1 saturated heterocycles. The zero-order valence-electron chi connectivity index (χ0n) is 15.9. The van der Waals surface area contributed by atoms with E-state index in [1.54, 1.807) is 6.20 Å². The molecule has 1 fully saturated rings. The lowest BCUT2D eigenvalue weighted by atomic mass is 10.2. The number of nitrogens with one attached hydrogen (secondary N) is 1. The summed E-state index contributed by atoms with van der Waals surface area (Å²) in [5.74, 6) is -1.78. The van der Waals surface area contributed by atoms with E-state index in [1.165, 1.54) is 24.5 Å². The summed E-state index contributed by atoms with van der Waals surface area (Å²) in [6.45, 7) is 4.95. The number of halogens is 2. The first-order valence-corrected chi connectivity index (χ1v) is 9.94. The Morgan fingerprint density at radius 3 is 2.79 bits per heavy atom. The lowest BCUT2D eigenvalue weighted by molar-refractivity contribution is -0.114. The van der Waals surface area contributed by atoms with Crippen LogP contribution in [0.3, 0.4) is 0 Å². The van der Waals surface area contributed by atoms with Gasteiger partial charge in [0.1, 0.15) is 6.10 Å². The number of hydrogen-bond donors (Lipinski definition) is 1. The molecule has 0 saturated carbocycles. The van der Waals surface area contributed by atoms with Crippen LogP contribution < -0.4 is 10.1 Å². The minimum atomic E-state index is -0.965. The number of ether oxygens (including phenoxy) is 1. The zero-order chi connectivity index (χ0) is 20.5. The minimum absolute atomic E-state index is 0.0928. The monoisotopic (exact) mass is 419 g/mol. The summed E-state index contributed by atoms with van der Waals surface area (Å²) in [4.78, 5) is 27.0. The van der Waals surface area contributed by atoms with E-state index < -0.39 is 11.6 Å². The number of hydrogen-bond acceptors (Lipinski definition) is 7. The fourth-order valence-electron chi connectivity index (χ4n) is 3.36. The molecule has 3 heterocycles. The SMILES string of the molecule is CC(=O)Nc1ncc(CN2C[C@H](Oc3cnc4cc(F)c(F)cc4n3)C[C@@H]2C)s1. The molecule has 3 aromatic rings. The van der Waals surface area contributed by atoms with Gasteiger partial charge in [-0.15, -0.1) is 11.3 Å². The average Bonchev–Trinajstić information content (AvgIpc) is 3.22. The zero-order valence-corrected chi connectivity index (χ0v) is 16.7. The molecule has 4 rings (SSSR count). The molecule has 0 spiro atoms. The number of likely N-dealkylation sites (tertiary alicyclic amines) is 1. The third-order valence-electron chi connectivity index (χ3n) is 4.71. The van der Waals surface area contributed by atoms with Gasteiger partial charge in [-0.2, -0.15) is 0 Å². The number of benzene rings is 1. The largest absolute Gasteiger partial charge is 0.472 e. The van der Waals surface area contributed by atoms with Crippen LogP contribution in [0.4, 0.5) is 13.9 Å². The van der Waals surface area contributed by atoms with Crippen LogP contribution >= 0.6 is 11.3 Å². The molecule has 7 nitrogen and oxygen atoms in total. The second kappa shape index (κ2) is 7.96. The smallest absolute Gasteiger partial charge is 0.233 e. The van der Waals surface area contributed by atoms with Crippen LogP contribution in [0.2, 0.25) is 0 Å². The number of rotatable bonds is 5. The van der Waals surface area contributed by atoms with Crippen molar-refractivity contribution in [3.63, 3.8) is 0 Å². The molecule has 152 valence electrons. The molecule has 0 unspecified atom stereocenters. The summed E-state index contributed by atoms with van der Waals surface area (Å²) in [5, 5.41) is 3.27. The lowest BCUT2D eigenvalue weighted by Crippen LogP contribution is -2.27. The van der Waals surface area contributed by atoms with Crippen molar-refractivity contribution in [2.45, 2.75) is 39.0 Å². The van der Waals surface area contributed by atoms with E-state index >= 15 is 0 Å². The van der Waals surface area contributed by atoms with Gasteiger partial charge >= 0.3 is 0 Å². The van der Waals surface area contributed by atoms with Gasteiger partial charge in [-0.05, 0) is 6.92 Å². The third kappa shape index (κ3) is 4.48. The Labute approximate surface area is 169 Å². The number of aromatic nitrogens is 3. The Kier molecular flexibility index (Phi) is 5.37. The second-order valence-electron chi connectivity index (χ2n) is 7.03. The Balaban J connectivity index is 1.41. The third-order valence-corrected chi connectivity index (χ3v) is 5.61. The standard InChI is InChI=1S/C19H19F2N5O2S/c1-10-3-12(8-26(10)9-13-6-23-19(29-13)24-11(2)27)28-18-7-22-16-4-14(20)15(21)5-17(16)25-18/h4-7,10,12H,3,8-9H2,1-2H3,(H,23,24,27)/t10-,12+/m0/s1. The average molecular weight is 419 g/mol. The van der Waals surface area contributed by atoms with E-state index in [9.17, 15) is 13.6 Å². The van der Waals surface area contributed by atoms with Crippen molar-refractivity contribution in [3.05, 3.63) is 41.0 Å². The van der Waals surface area contributed by atoms with Crippen molar-refractivity contribution in [3.8, 4) is 5.88 Å². The van der Waals surface area contributed by atoms with Gasteiger partial charge in [0.25, 0.3) is 0 Å². The van der Waals surface area contributed by atoms with Gasteiger partial charge in [0.15, 0.2) is 16.8 Å². The molecule has 0 radical (unpaired) electrons. The van der Waals surface area contributed by atoms with Crippen molar-refractivity contribution in [1.29, 1.82) is 0 Å². The number of nitrogens with zero attached hydrogens (tertiary/aromatic N) is 4. The number of thiazole rings is 1. The first-order chi connectivity index (χ1) is 13.9. The van der Waals surface area contributed by atoms with E-state index in [2.05, 4.69) is 32.1 Å². The van der Waals surface area contributed by atoms with Gasteiger partial charge in [-0.3, -0.25) is 9.69 Å². The maximum absolute atomic E-state index is 13.4. The van der Waals surface area contributed by atoms with Crippen LogP contribution in [0.25, 0.3) is 11.0 Å². The highest BCUT2D eigenvalue weighted by molar-refractivity contribution is 7.15. The van der Waals surface area contributed by atoms with Gasteiger partial charge in [-0.1, -0.05) is 0 Å². The van der Waals surface area contributed by atoms with Crippen LogP contribution in [0.1, 0.15) is 25.1 Å². The highest BCUT2D eigenvalue weighted by atomic mass is 32.1. The highest BCUT2D eigenvalue weighted by Crippen LogP contribution is 2.27. The topological polar surface area (TPSA) is 80.2 Å². The van der Waals surface area contributed by atoms with Gasteiger partial charge < -0.3 is 10.1 Å². The molecular formula is C19H19F2N5O2S. The molecule has 1 amide bonds. The Bertz CT molecular complexity index is 1060. The van der Waals surface area contributed by atoms with Crippen molar-refractivity contribution in [2.24, 2.45) is 0 Å². The normalized spacial score (nSPS) is 19.6. The predicted octanol–water partition coefficient (Wildman–Crippen LogP) is 3.36. The first-order valence-electron chi connectivity index (χ1n) is 9.12. The van der Waals surface area contributed by atoms with E-state index in [-0.39, 0.29) is 35.0 Å². The predicted molar refractivity (Wildman–Crippen MR) is 105 cm³/mol. The van der Waals surface area contributed by atoms with Crippen molar-refractivity contribution >= 4 is 33.4 Å². The quantitative estimate of drug-likeness (QED) is 0.683. The van der Waals surface area contributed by atoms with Crippen LogP contribution in [-0.4, -0.2) is 44.4 Å². The van der Waals surface area contributed by atoms with Crippen LogP contribution in [-0.2, 0) is 11.3 Å². The molecular weight excluding hydrogens is 400 g/mol. The number of fused-ring (bicyclic) bond motifs is 1. The molecule has 10 heteroatoms. The van der Waals surface area contributed by atoms with Crippen molar-refractivity contribution < 1.29 is 18.3 Å². The Morgan fingerprint density at radius 1 is 1.28 bits per heavy atom. The van der Waals surface area contributed by atoms with Crippen LogP contribution in [0.15, 0.2) is 24.5 Å². The van der Waals surface area contributed by atoms with E-state index in [0.29, 0.717) is 18.2 Å². The molecule has 1 aliphatic rings. The van der Waals surface area contributed by atoms with E-state index in [0.717, 1.165) is 23.4 Å². The number of carbonyl (C=O) groups is 1. The van der Waals surface area contributed by atoms with Gasteiger partial charge in [0.05, 0.1) is 17.2 Å². The number of amides is 1. The summed E-state index contributed by atoms with van der Waals surface area (Å²) in [6.07, 6.45) is 3.90. The van der Waals surface area contributed by atoms with Crippen LogP contribution in [0, 0.1) is 11.6 Å². The van der Waals surface area contributed by atoms with Gasteiger partial charge in [0.2, 0.25) is 11.8 Å². The lowest BCUT2D eigenvalue weighted by Gasteiger charge is -2.19. The minimum Gasteiger partial charge on any atom is -0.472 e. The summed E-state index contributed by atoms with van der Waals surface area (Å²) < 4.78 is 32.7. The van der Waals surface area contributed by atoms with Gasteiger partial charge in [-0.25, -0.2) is 23.7 Å². The first kappa shape index (κ1) is 19.6. The molecule has 1 aliphatic heterocycles.